The number of aliphatic hydroxyl groups is 2. The van der Waals surface area contributed by atoms with E-state index in [1.807, 2.05) is 24.3 Å². The van der Waals surface area contributed by atoms with E-state index in [0.29, 0.717) is 5.92 Å². The van der Waals surface area contributed by atoms with Gasteiger partial charge < -0.3 is 14.9 Å². The zero-order valence-corrected chi connectivity index (χ0v) is 18.5. The first-order valence-electron chi connectivity index (χ1n) is 11.1. The molecule has 1 heterocycles. The van der Waals surface area contributed by atoms with Crippen LogP contribution in [0.5, 0.6) is 0 Å². The molecule has 0 bridgehead atoms. The lowest BCUT2D eigenvalue weighted by Gasteiger charge is -2.16. The van der Waals surface area contributed by atoms with Gasteiger partial charge in [-0.2, -0.15) is 0 Å². The molecule has 0 saturated heterocycles. The number of aliphatic hydroxyl groups excluding tert-OH is 2. The maximum atomic E-state index is 11.4. The van der Waals surface area contributed by atoms with E-state index >= 15 is 0 Å². The number of rotatable bonds is 8. The summed E-state index contributed by atoms with van der Waals surface area (Å²) in [6.07, 6.45) is 3.91. The van der Waals surface area contributed by atoms with Gasteiger partial charge in [0.25, 0.3) is 0 Å². The third-order valence-electron chi connectivity index (χ3n) is 5.89. The number of hydrogen-bond donors (Lipinski definition) is 2. The lowest BCUT2D eigenvalue weighted by Crippen LogP contribution is -2.20. The highest BCUT2D eigenvalue weighted by atomic mass is 16.5. The highest BCUT2D eigenvalue weighted by Crippen LogP contribution is 2.45. The van der Waals surface area contributed by atoms with Crippen LogP contribution in [-0.2, 0) is 9.53 Å². The smallest absolute Gasteiger partial charge is 0.308 e. The van der Waals surface area contributed by atoms with Crippen LogP contribution in [0.2, 0.25) is 0 Å². The van der Waals surface area contributed by atoms with Crippen LogP contribution in [-0.4, -0.2) is 40.5 Å². The first-order chi connectivity index (χ1) is 15.5. The molecule has 3 aromatic rings. The predicted octanol–water partition coefficient (Wildman–Crippen LogP) is 4.78. The molecule has 0 amide bonds. The summed E-state index contributed by atoms with van der Waals surface area (Å²) in [6.45, 7) is 2.07. The number of hydrogen-bond acceptors (Lipinski definition) is 5. The van der Waals surface area contributed by atoms with Crippen LogP contribution in [0.3, 0.4) is 0 Å². The number of esters is 1. The van der Waals surface area contributed by atoms with Gasteiger partial charge in [0.1, 0.15) is 0 Å². The van der Waals surface area contributed by atoms with Gasteiger partial charge in [0.15, 0.2) is 0 Å². The van der Waals surface area contributed by atoms with Gasteiger partial charge in [-0.1, -0.05) is 60.2 Å². The zero-order valence-electron chi connectivity index (χ0n) is 18.5. The summed E-state index contributed by atoms with van der Waals surface area (Å²) in [7, 11) is 1.28. The fraction of sp³-hybridized carbons (Fsp3) is 0.333. The number of ether oxygens (including phenoxy) is 1. The fourth-order valence-corrected chi connectivity index (χ4v) is 4.04. The second-order valence-electron chi connectivity index (χ2n) is 8.54. The zero-order chi connectivity index (χ0) is 22.7. The predicted molar refractivity (Wildman–Crippen MR) is 126 cm³/mol. The minimum atomic E-state index is -0.962. The van der Waals surface area contributed by atoms with E-state index in [-0.39, 0.29) is 12.8 Å². The standard InChI is InChI=1S/C27H29NO4/c1-17-7-9-18(10-8-17)26-22-5-3-4-6-24(22)28-27(19-11-12-19)23(26)14-13-20(29)15-21(30)16-25(31)32-2/h3-10,13-14,19-21,29-30H,11-12,15-16H2,1-2H3/b14-13+/t20-,21-/m1/s1. The summed E-state index contributed by atoms with van der Waals surface area (Å²) in [5, 5.41) is 21.6. The Balaban J connectivity index is 1.75. The first-order valence-corrected chi connectivity index (χ1v) is 11.1. The average molecular weight is 432 g/mol. The van der Waals surface area contributed by atoms with Crippen LogP contribution in [0.25, 0.3) is 28.1 Å². The molecule has 0 unspecified atom stereocenters. The Kier molecular flexibility index (Phi) is 6.68. The van der Waals surface area contributed by atoms with Crippen LogP contribution in [0.15, 0.2) is 54.6 Å². The Bertz CT molecular complexity index is 1130. The number of carbonyl (C=O) groups is 1. The molecule has 166 valence electrons. The van der Waals surface area contributed by atoms with E-state index in [1.165, 1.54) is 12.7 Å². The van der Waals surface area contributed by atoms with Crippen molar-refractivity contribution in [3.63, 3.8) is 0 Å². The van der Waals surface area contributed by atoms with Crippen molar-refractivity contribution in [2.45, 2.75) is 50.7 Å². The largest absolute Gasteiger partial charge is 0.469 e. The molecule has 2 N–H and O–H groups in total. The summed E-state index contributed by atoms with van der Waals surface area (Å²) in [6, 6.07) is 16.6. The van der Waals surface area contributed by atoms with Gasteiger partial charge in [0.2, 0.25) is 0 Å². The monoisotopic (exact) mass is 431 g/mol. The van der Waals surface area contributed by atoms with Gasteiger partial charge in [-0.25, -0.2) is 0 Å². The first kappa shape index (κ1) is 22.2. The fourth-order valence-electron chi connectivity index (χ4n) is 4.04. The molecule has 1 aromatic heterocycles. The van der Waals surface area contributed by atoms with E-state index in [9.17, 15) is 15.0 Å². The second-order valence-corrected chi connectivity index (χ2v) is 8.54. The lowest BCUT2D eigenvalue weighted by atomic mass is 9.91. The van der Waals surface area contributed by atoms with Crippen LogP contribution < -0.4 is 0 Å². The normalized spacial score (nSPS) is 15.8. The van der Waals surface area contributed by atoms with Crippen LogP contribution in [0.1, 0.15) is 48.4 Å². The van der Waals surface area contributed by atoms with Crippen molar-refractivity contribution in [2.75, 3.05) is 7.11 Å². The minimum Gasteiger partial charge on any atom is -0.469 e. The molecule has 1 aliphatic rings. The van der Waals surface area contributed by atoms with Crippen molar-refractivity contribution in [1.82, 2.24) is 4.98 Å². The van der Waals surface area contributed by atoms with Crippen molar-refractivity contribution in [2.24, 2.45) is 0 Å². The Morgan fingerprint density at radius 1 is 1.16 bits per heavy atom. The van der Waals surface area contributed by atoms with E-state index in [4.69, 9.17) is 4.98 Å². The lowest BCUT2D eigenvalue weighted by molar-refractivity contribution is -0.143. The highest BCUT2D eigenvalue weighted by molar-refractivity contribution is 5.99. The molecule has 5 heteroatoms. The van der Waals surface area contributed by atoms with Crippen molar-refractivity contribution in [3.8, 4) is 11.1 Å². The number of para-hydroxylation sites is 1. The molecule has 1 fully saturated rings. The van der Waals surface area contributed by atoms with Crippen molar-refractivity contribution in [1.29, 1.82) is 0 Å². The van der Waals surface area contributed by atoms with Gasteiger partial charge in [-0.05, 0) is 31.4 Å². The Labute approximate surface area is 188 Å². The number of methoxy groups -OCH3 is 1. The second kappa shape index (κ2) is 9.63. The summed E-state index contributed by atoms with van der Waals surface area (Å²) >= 11 is 0. The molecule has 0 radical (unpaired) electrons. The van der Waals surface area contributed by atoms with Crippen LogP contribution >= 0.6 is 0 Å². The van der Waals surface area contributed by atoms with E-state index in [1.54, 1.807) is 6.08 Å². The Morgan fingerprint density at radius 3 is 2.56 bits per heavy atom. The summed E-state index contributed by atoms with van der Waals surface area (Å²) in [5.41, 5.74) is 6.44. The SMILES string of the molecule is COC(=O)C[C@H](O)C[C@H](O)/C=C/c1c(C2CC2)nc2ccccc2c1-c1ccc(C)cc1. The number of pyridine rings is 1. The third kappa shape index (κ3) is 5.06. The van der Waals surface area contributed by atoms with Crippen LogP contribution in [0, 0.1) is 6.92 Å². The molecule has 1 saturated carbocycles. The molecule has 0 aliphatic heterocycles. The van der Waals surface area contributed by atoms with Crippen molar-refractivity contribution < 1.29 is 19.7 Å². The number of nitrogens with zero attached hydrogens (tertiary/aromatic N) is 1. The molecule has 2 atom stereocenters. The van der Waals surface area contributed by atoms with Gasteiger partial charge in [-0.3, -0.25) is 9.78 Å². The molecule has 4 rings (SSSR count). The topological polar surface area (TPSA) is 79.7 Å². The summed E-state index contributed by atoms with van der Waals surface area (Å²) in [5.74, 6) is -0.0735. The number of benzene rings is 2. The molecule has 2 aromatic carbocycles. The maximum absolute atomic E-state index is 11.4. The molecule has 1 aliphatic carbocycles. The van der Waals surface area contributed by atoms with Crippen LogP contribution in [0.4, 0.5) is 0 Å². The number of fused-ring (bicyclic) bond motifs is 1. The van der Waals surface area contributed by atoms with Crippen molar-refractivity contribution >= 4 is 22.9 Å². The minimum absolute atomic E-state index is 0.0608. The van der Waals surface area contributed by atoms with Crippen molar-refractivity contribution in [3.05, 3.63) is 71.4 Å². The number of carbonyl (C=O) groups excluding carboxylic acids is 1. The van der Waals surface area contributed by atoms with Gasteiger partial charge in [-0.15, -0.1) is 0 Å². The van der Waals surface area contributed by atoms with Gasteiger partial charge >= 0.3 is 5.97 Å². The van der Waals surface area contributed by atoms with Gasteiger partial charge in [0, 0.05) is 28.9 Å². The maximum Gasteiger partial charge on any atom is 0.308 e. The van der Waals surface area contributed by atoms with Gasteiger partial charge in [0.05, 0.1) is 36.9 Å². The third-order valence-corrected chi connectivity index (χ3v) is 5.89. The Hall–Kier alpha value is -3.02. The highest BCUT2D eigenvalue weighted by Gasteiger charge is 2.29. The Morgan fingerprint density at radius 2 is 1.88 bits per heavy atom. The summed E-state index contributed by atoms with van der Waals surface area (Å²) in [4.78, 5) is 16.4. The summed E-state index contributed by atoms with van der Waals surface area (Å²) < 4.78 is 4.59. The molecule has 32 heavy (non-hydrogen) atoms. The molecular weight excluding hydrogens is 402 g/mol. The van der Waals surface area contributed by atoms with E-state index < -0.39 is 18.2 Å². The van der Waals surface area contributed by atoms with E-state index in [0.717, 1.165) is 46.1 Å². The number of aromatic nitrogens is 1. The van der Waals surface area contributed by atoms with E-state index in [2.05, 4.69) is 42.0 Å². The average Bonchev–Trinajstić information content (AvgIpc) is 3.62. The molecule has 5 nitrogen and oxygen atoms in total. The number of aryl methyl sites for hydroxylation is 1. The molecule has 0 spiro atoms. The molecular formula is C27H29NO4. The quantitative estimate of drug-likeness (QED) is 0.502.